The Balaban J connectivity index is 2.03. The van der Waals surface area contributed by atoms with Crippen molar-refractivity contribution in [3.8, 4) is 0 Å². The molecule has 19 heavy (non-hydrogen) atoms. The molecule has 0 aliphatic carbocycles. The molecule has 0 radical (unpaired) electrons. The minimum Gasteiger partial charge on any atom is -0.316 e. The average molecular weight is 255 g/mol. The molecule has 0 aromatic heterocycles. The third-order valence-electron chi connectivity index (χ3n) is 2.66. The average Bonchev–Trinajstić information content (AvgIpc) is 2.42. The minimum atomic E-state index is -0.241. The van der Waals surface area contributed by atoms with E-state index in [1.54, 1.807) is 0 Å². The van der Waals surface area contributed by atoms with Gasteiger partial charge in [0.05, 0.1) is 0 Å². The van der Waals surface area contributed by atoms with Crippen molar-refractivity contribution in [2.24, 2.45) is 0 Å². The second kappa shape index (κ2) is 6.56. The van der Waals surface area contributed by atoms with Gasteiger partial charge in [0.1, 0.15) is 0 Å². The van der Waals surface area contributed by atoms with E-state index in [2.05, 4.69) is 16.0 Å². The van der Waals surface area contributed by atoms with Crippen molar-refractivity contribution in [1.82, 2.24) is 5.32 Å². The lowest BCUT2D eigenvalue weighted by Gasteiger charge is -2.11. The Morgan fingerprint density at radius 2 is 1.63 bits per heavy atom. The molecule has 0 fully saturated rings. The maximum atomic E-state index is 11.9. The third-order valence-corrected chi connectivity index (χ3v) is 2.66. The third kappa shape index (κ3) is 3.82. The van der Waals surface area contributed by atoms with Crippen LogP contribution in [0.1, 0.15) is 5.56 Å². The summed E-state index contributed by atoms with van der Waals surface area (Å²) < 4.78 is 0. The van der Waals surface area contributed by atoms with Crippen LogP contribution in [0.25, 0.3) is 0 Å². The van der Waals surface area contributed by atoms with Gasteiger partial charge in [0.25, 0.3) is 0 Å². The summed E-state index contributed by atoms with van der Waals surface area (Å²) in [5, 5.41) is 8.72. The highest BCUT2D eigenvalue weighted by Crippen LogP contribution is 2.15. The molecule has 4 heteroatoms. The first kappa shape index (κ1) is 13.1. The number of rotatable bonds is 4. The summed E-state index contributed by atoms with van der Waals surface area (Å²) in [6.45, 7) is 0.710. The summed E-state index contributed by atoms with van der Waals surface area (Å²) in [6, 6.07) is 16.8. The topological polar surface area (TPSA) is 53.2 Å². The van der Waals surface area contributed by atoms with Gasteiger partial charge in [-0.1, -0.05) is 36.4 Å². The monoisotopic (exact) mass is 255 g/mol. The smallest absolute Gasteiger partial charge is 0.316 e. The quantitative estimate of drug-likeness (QED) is 0.786. The van der Waals surface area contributed by atoms with E-state index in [9.17, 15) is 4.79 Å². The van der Waals surface area contributed by atoms with Crippen molar-refractivity contribution in [2.75, 3.05) is 17.7 Å². The largest absolute Gasteiger partial charge is 0.323 e. The van der Waals surface area contributed by atoms with Crippen LogP contribution in [0, 0.1) is 0 Å². The molecule has 0 unspecified atom stereocenters. The fraction of sp³-hybridized carbons (Fsp3) is 0.133. The van der Waals surface area contributed by atoms with Gasteiger partial charge in [-0.05, 0) is 30.8 Å². The number of benzene rings is 2. The molecule has 2 amide bonds. The first-order valence-corrected chi connectivity index (χ1v) is 6.15. The van der Waals surface area contributed by atoms with E-state index in [0.717, 1.165) is 16.9 Å². The van der Waals surface area contributed by atoms with Crippen LogP contribution < -0.4 is 16.0 Å². The zero-order chi connectivity index (χ0) is 13.5. The molecule has 0 aliphatic rings. The molecule has 2 aromatic carbocycles. The van der Waals surface area contributed by atoms with E-state index in [1.807, 2.05) is 61.6 Å². The number of urea groups is 1. The van der Waals surface area contributed by atoms with Crippen molar-refractivity contribution in [2.45, 2.75) is 6.54 Å². The van der Waals surface area contributed by atoms with Crippen molar-refractivity contribution in [1.29, 1.82) is 0 Å². The number of carbonyl (C=O) groups excluding carboxylic acids is 1. The number of anilines is 2. The summed E-state index contributed by atoms with van der Waals surface area (Å²) in [4.78, 5) is 11.9. The zero-order valence-corrected chi connectivity index (χ0v) is 10.8. The van der Waals surface area contributed by atoms with Gasteiger partial charge >= 0.3 is 6.03 Å². The van der Waals surface area contributed by atoms with Gasteiger partial charge in [0.2, 0.25) is 0 Å². The number of amides is 2. The van der Waals surface area contributed by atoms with Crippen LogP contribution in [-0.2, 0) is 6.54 Å². The van der Waals surface area contributed by atoms with Crippen molar-refractivity contribution >= 4 is 17.4 Å². The van der Waals surface area contributed by atoms with Gasteiger partial charge < -0.3 is 16.0 Å². The Morgan fingerprint density at radius 1 is 0.947 bits per heavy atom. The second-order valence-corrected chi connectivity index (χ2v) is 4.13. The summed E-state index contributed by atoms with van der Waals surface area (Å²) in [6.07, 6.45) is 0. The fourth-order valence-electron chi connectivity index (χ4n) is 1.79. The standard InChI is InChI=1S/C15H17N3O/c1-16-11-12-7-5-6-10-14(12)18-15(19)17-13-8-3-2-4-9-13/h2-10,16H,11H2,1H3,(H2,17,18,19). The Hall–Kier alpha value is -2.33. The number of hydrogen-bond donors (Lipinski definition) is 3. The highest BCUT2D eigenvalue weighted by molar-refractivity contribution is 6.00. The predicted octanol–water partition coefficient (Wildman–Crippen LogP) is 3.05. The summed E-state index contributed by atoms with van der Waals surface area (Å²) >= 11 is 0. The molecule has 0 bridgehead atoms. The maximum Gasteiger partial charge on any atom is 0.323 e. The predicted molar refractivity (Wildman–Crippen MR) is 78.3 cm³/mol. The van der Waals surface area contributed by atoms with Crippen LogP contribution in [0.15, 0.2) is 54.6 Å². The number of nitrogens with one attached hydrogen (secondary N) is 3. The lowest BCUT2D eigenvalue weighted by molar-refractivity contribution is 0.262. The molecule has 0 saturated carbocycles. The molecular weight excluding hydrogens is 238 g/mol. The van der Waals surface area contributed by atoms with Crippen LogP contribution in [0.4, 0.5) is 16.2 Å². The van der Waals surface area contributed by atoms with Gasteiger partial charge in [-0.15, -0.1) is 0 Å². The van der Waals surface area contributed by atoms with Crippen LogP contribution >= 0.6 is 0 Å². The van der Waals surface area contributed by atoms with E-state index in [1.165, 1.54) is 0 Å². The zero-order valence-electron chi connectivity index (χ0n) is 10.8. The molecule has 98 valence electrons. The molecule has 2 aromatic rings. The lowest BCUT2D eigenvalue weighted by atomic mass is 10.2. The van der Waals surface area contributed by atoms with Crippen LogP contribution in [-0.4, -0.2) is 13.1 Å². The second-order valence-electron chi connectivity index (χ2n) is 4.13. The number of para-hydroxylation sites is 2. The van der Waals surface area contributed by atoms with Crippen molar-refractivity contribution in [3.05, 3.63) is 60.2 Å². The van der Waals surface area contributed by atoms with E-state index in [-0.39, 0.29) is 6.03 Å². The van der Waals surface area contributed by atoms with Gasteiger partial charge in [-0.25, -0.2) is 4.79 Å². The summed E-state index contributed by atoms with van der Waals surface area (Å²) in [7, 11) is 1.88. The van der Waals surface area contributed by atoms with Crippen LogP contribution in [0.5, 0.6) is 0 Å². The molecule has 0 atom stereocenters. The summed E-state index contributed by atoms with van der Waals surface area (Å²) in [5.41, 5.74) is 2.63. The molecule has 0 heterocycles. The molecule has 3 N–H and O–H groups in total. The van der Waals surface area contributed by atoms with E-state index in [0.29, 0.717) is 6.54 Å². The van der Waals surface area contributed by atoms with Crippen LogP contribution in [0.2, 0.25) is 0 Å². The first-order chi connectivity index (χ1) is 9.29. The molecule has 2 rings (SSSR count). The van der Waals surface area contributed by atoms with E-state index in [4.69, 9.17) is 0 Å². The van der Waals surface area contributed by atoms with Crippen molar-refractivity contribution in [3.63, 3.8) is 0 Å². The van der Waals surface area contributed by atoms with Crippen molar-refractivity contribution < 1.29 is 4.79 Å². The Bertz CT molecular complexity index is 540. The fourth-order valence-corrected chi connectivity index (χ4v) is 1.79. The Labute approximate surface area is 112 Å². The number of carbonyl (C=O) groups is 1. The van der Waals surface area contributed by atoms with Gasteiger partial charge in [-0.3, -0.25) is 0 Å². The first-order valence-electron chi connectivity index (χ1n) is 6.15. The van der Waals surface area contributed by atoms with Crippen LogP contribution in [0.3, 0.4) is 0 Å². The normalized spacial score (nSPS) is 9.95. The molecule has 0 saturated heterocycles. The molecule has 4 nitrogen and oxygen atoms in total. The van der Waals surface area contributed by atoms with Gasteiger partial charge in [0.15, 0.2) is 0 Å². The molecule has 0 aliphatic heterocycles. The molecule has 0 spiro atoms. The maximum absolute atomic E-state index is 11.9. The minimum absolute atomic E-state index is 0.241. The Morgan fingerprint density at radius 3 is 2.37 bits per heavy atom. The highest BCUT2D eigenvalue weighted by Gasteiger charge is 2.05. The van der Waals surface area contributed by atoms with Gasteiger partial charge in [-0.2, -0.15) is 0 Å². The molecular formula is C15H17N3O. The number of hydrogen-bond acceptors (Lipinski definition) is 2. The van der Waals surface area contributed by atoms with Gasteiger partial charge in [0, 0.05) is 17.9 Å². The van der Waals surface area contributed by atoms with E-state index >= 15 is 0 Å². The Kier molecular flexibility index (Phi) is 4.53. The van der Waals surface area contributed by atoms with E-state index < -0.39 is 0 Å². The lowest BCUT2D eigenvalue weighted by Crippen LogP contribution is -2.21. The highest BCUT2D eigenvalue weighted by atomic mass is 16.2. The summed E-state index contributed by atoms with van der Waals surface area (Å²) in [5.74, 6) is 0. The SMILES string of the molecule is CNCc1ccccc1NC(=O)Nc1ccccc1.